The van der Waals surface area contributed by atoms with E-state index in [9.17, 15) is 24.8 Å². The van der Waals surface area contributed by atoms with Crippen LogP contribution in [0.2, 0.25) is 0 Å². The highest BCUT2D eigenvalue weighted by molar-refractivity contribution is 7.80. The number of ether oxygens (including phenoxy) is 1. The number of rotatable bonds is 8. The third kappa shape index (κ3) is 7.93. The Labute approximate surface area is 210 Å². The summed E-state index contributed by atoms with van der Waals surface area (Å²) in [6.45, 7) is 6.40. The van der Waals surface area contributed by atoms with Gasteiger partial charge in [0.2, 0.25) is 5.91 Å². The number of amides is 3. The fourth-order valence-electron chi connectivity index (χ4n) is 3.29. The maximum atomic E-state index is 13.5. The molecule has 0 bridgehead atoms. The van der Waals surface area contributed by atoms with E-state index in [4.69, 9.17) is 4.74 Å². The zero-order valence-corrected chi connectivity index (χ0v) is 21.0. The predicted molar refractivity (Wildman–Crippen MR) is 135 cm³/mol. The Morgan fingerprint density at radius 2 is 1.86 bits per heavy atom. The van der Waals surface area contributed by atoms with E-state index in [1.165, 1.54) is 18.2 Å². The Bertz CT molecular complexity index is 1110. The lowest BCUT2D eigenvalue weighted by atomic mass is 10.0. The van der Waals surface area contributed by atoms with Crippen LogP contribution in [0.3, 0.4) is 0 Å². The number of nitrogens with one attached hydrogen (secondary N) is 2. The first-order valence-corrected chi connectivity index (χ1v) is 11.5. The fourth-order valence-corrected chi connectivity index (χ4v) is 3.54. The lowest BCUT2D eigenvalue weighted by molar-refractivity contribution is -0.139. The lowest BCUT2D eigenvalue weighted by Crippen LogP contribution is -2.53. The number of carbonyl (C=O) groups is 3. The van der Waals surface area contributed by atoms with Gasteiger partial charge in [-0.1, -0.05) is 30.3 Å². The van der Waals surface area contributed by atoms with Gasteiger partial charge in [0.25, 0.3) is 5.91 Å². The molecule has 0 aliphatic rings. The molecule has 186 valence electrons. The van der Waals surface area contributed by atoms with Crippen LogP contribution in [0.4, 0.5) is 10.5 Å². The largest absolute Gasteiger partial charge is 0.508 e. The first kappa shape index (κ1) is 27.5. The van der Waals surface area contributed by atoms with Crippen LogP contribution in [0.25, 0.3) is 0 Å². The van der Waals surface area contributed by atoms with Crippen molar-refractivity contribution >= 4 is 36.2 Å². The van der Waals surface area contributed by atoms with E-state index in [2.05, 4.69) is 23.3 Å². The van der Waals surface area contributed by atoms with Gasteiger partial charge in [0.15, 0.2) is 0 Å². The molecule has 0 fully saturated rings. The van der Waals surface area contributed by atoms with Crippen LogP contribution in [0.15, 0.2) is 48.5 Å². The average molecular weight is 499 g/mol. The Morgan fingerprint density at radius 1 is 1.17 bits per heavy atom. The minimum atomic E-state index is -1.28. The van der Waals surface area contributed by atoms with E-state index >= 15 is 0 Å². The summed E-state index contributed by atoms with van der Waals surface area (Å²) in [5.41, 5.74) is 0.825. The maximum absolute atomic E-state index is 13.5. The minimum Gasteiger partial charge on any atom is -0.508 e. The van der Waals surface area contributed by atoms with Gasteiger partial charge in [-0.25, -0.2) is 4.79 Å². The van der Waals surface area contributed by atoms with Crippen molar-refractivity contribution in [3.63, 3.8) is 0 Å². The first-order chi connectivity index (χ1) is 16.5. The molecule has 9 nitrogen and oxygen atoms in total. The van der Waals surface area contributed by atoms with Crippen molar-refractivity contribution in [2.45, 2.75) is 45.4 Å². The molecule has 0 aliphatic carbocycles. The summed E-state index contributed by atoms with van der Waals surface area (Å²) >= 11 is 4.18. The number of anilines is 1. The molecule has 2 rings (SSSR count). The number of phenols is 1. The number of hydrogen-bond acceptors (Lipinski definition) is 7. The second-order valence-electron chi connectivity index (χ2n) is 8.81. The molecule has 0 radical (unpaired) electrons. The molecule has 2 aromatic carbocycles. The van der Waals surface area contributed by atoms with Gasteiger partial charge in [-0.05, 0) is 57.0 Å². The average Bonchev–Trinajstić information content (AvgIpc) is 2.77. The van der Waals surface area contributed by atoms with E-state index in [1.54, 1.807) is 39.0 Å². The summed E-state index contributed by atoms with van der Waals surface area (Å²) in [5, 5.41) is 24.8. The summed E-state index contributed by atoms with van der Waals surface area (Å²) < 4.78 is 5.23. The van der Waals surface area contributed by atoms with Crippen molar-refractivity contribution in [1.82, 2.24) is 10.2 Å². The number of para-hydroxylation sites is 1. The molecule has 2 aromatic rings. The Hall–Kier alpha value is -3.71. The van der Waals surface area contributed by atoms with Crippen LogP contribution in [-0.2, 0) is 14.3 Å². The maximum Gasteiger partial charge on any atom is 0.408 e. The zero-order valence-electron chi connectivity index (χ0n) is 20.1. The van der Waals surface area contributed by atoms with Crippen molar-refractivity contribution in [2.75, 3.05) is 17.6 Å². The predicted octanol–water partition coefficient (Wildman–Crippen LogP) is 3.56. The van der Waals surface area contributed by atoms with Gasteiger partial charge in [-0.15, -0.1) is 0 Å². The van der Waals surface area contributed by atoms with E-state index in [1.807, 2.05) is 25.1 Å². The van der Waals surface area contributed by atoms with Crippen LogP contribution >= 0.6 is 12.6 Å². The van der Waals surface area contributed by atoms with Crippen molar-refractivity contribution in [1.29, 1.82) is 5.26 Å². The van der Waals surface area contributed by atoms with Gasteiger partial charge in [0.1, 0.15) is 30.0 Å². The number of aromatic hydroxyl groups is 1. The zero-order chi connectivity index (χ0) is 26.2. The molecule has 0 heterocycles. The van der Waals surface area contributed by atoms with Crippen LogP contribution in [0, 0.1) is 18.3 Å². The summed E-state index contributed by atoms with van der Waals surface area (Å²) in [6, 6.07) is 12.4. The lowest BCUT2D eigenvalue weighted by Gasteiger charge is -2.32. The van der Waals surface area contributed by atoms with Crippen LogP contribution < -0.4 is 10.6 Å². The van der Waals surface area contributed by atoms with Crippen molar-refractivity contribution < 1.29 is 24.2 Å². The molecule has 35 heavy (non-hydrogen) atoms. The number of carbonyl (C=O) groups excluding carboxylic acids is 3. The van der Waals surface area contributed by atoms with Crippen LogP contribution in [0.5, 0.6) is 5.75 Å². The van der Waals surface area contributed by atoms with E-state index < -0.39 is 42.1 Å². The molecular formula is C25H30N4O5S. The number of thiol groups is 1. The normalized spacial score (nSPS) is 12.6. The third-order valence-electron chi connectivity index (χ3n) is 4.84. The number of phenolic OH excluding ortho intramolecular Hbond substituents is 1. The van der Waals surface area contributed by atoms with Gasteiger partial charge >= 0.3 is 6.09 Å². The molecule has 0 saturated heterocycles. The standard InChI is InChI=1S/C25H30N4O5S/c1-16-8-5-6-11-19(16)27-22(31)21(17-9-7-10-18(30)14-17)29(13-12-26)23(32)20(15-35)28-24(33)34-25(2,3)4/h5-11,14,20-21,30,35H,13,15H2,1-4H3,(H,27,31)(H,28,33). The van der Waals surface area contributed by atoms with Gasteiger partial charge in [0.05, 0.1) is 6.07 Å². The summed E-state index contributed by atoms with van der Waals surface area (Å²) in [5.74, 6) is -1.52. The number of nitriles is 1. The Balaban J connectivity index is 2.45. The van der Waals surface area contributed by atoms with Gasteiger partial charge in [-0.3, -0.25) is 9.59 Å². The number of hydrogen-bond donors (Lipinski definition) is 4. The SMILES string of the molecule is Cc1ccccc1NC(=O)C(c1cccc(O)c1)N(CC#N)C(=O)C(CS)NC(=O)OC(C)(C)C. The Morgan fingerprint density at radius 3 is 2.43 bits per heavy atom. The second-order valence-corrected chi connectivity index (χ2v) is 9.17. The molecule has 2 atom stereocenters. The minimum absolute atomic E-state index is 0.105. The number of benzene rings is 2. The van der Waals surface area contributed by atoms with Crippen molar-refractivity contribution in [2.24, 2.45) is 0 Å². The molecule has 0 aliphatic heterocycles. The Kier molecular flexibility index (Phi) is 9.54. The molecule has 10 heteroatoms. The molecule has 0 saturated carbocycles. The molecule has 3 amide bonds. The summed E-state index contributed by atoms with van der Waals surface area (Å²) in [4.78, 5) is 40.3. The fraction of sp³-hybridized carbons (Fsp3) is 0.360. The number of nitrogens with zero attached hydrogens (tertiary/aromatic N) is 2. The van der Waals surface area contributed by atoms with E-state index in [0.29, 0.717) is 5.69 Å². The highest BCUT2D eigenvalue weighted by atomic mass is 32.1. The summed E-state index contributed by atoms with van der Waals surface area (Å²) in [6.07, 6.45) is -0.833. The van der Waals surface area contributed by atoms with Crippen molar-refractivity contribution in [3.05, 3.63) is 59.7 Å². The number of alkyl carbamates (subject to hydrolysis) is 1. The van der Waals surface area contributed by atoms with Gasteiger partial charge < -0.3 is 25.4 Å². The molecule has 2 unspecified atom stereocenters. The molecule has 0 spiro atoms. The van der Waals surface area contributed by atoms with Crippen LogP contribution in [0.1, 0.15) is 37.9 Å². The molecule has 0 aromatic heterocycles. The summed E-state index contributed by atoms with van der Waals surface area (Å²) in [7, 11) is 0. The van der Waals surface area contributed by atoms with Gasteiger partial charge in [0, 0.05) is 11.4 Å². The highest BCUT2D eigenvalue weighted by Crippen LogP contribution is 2.27. The van der Waals surface area contributed by atoms with E-state index in [-0.39, 0.29) is 17.1 Å². The number of aryl methyl sites for hydroxylation is 1. The molecule has 3 N–H and O–H groups in total. The van der Waals surface area contributed by atoms with Gasteiger partial charge in [-0.2, -0.15) is 17.9 Å². The topological polar surface area (TPSA) is 132 Å². The first-order valence-electron chi connectivity index (χ1n) is 10.9. The van der Waals surface area contributed by atoms with Crippen molar-refractivity contribution in [3.8, 4) is 11.8 Å². The van der Waals surface area contributed by atoms with Crippen LogP contribution in [-0.4, -0.2) is 51.9 Å². The second kappa shape index (κ2) is 12.1. The monoisotopic (exact) mass is 498 g/mol. The van der Waals surface area contributed by atoms with E-state index in [0.717, 1.165) is 10.5 Å². The quantitative estimate of drug-likeness (QED) is 0.325. The third-order valence-corrected chi connectivity index (χ3v) is 5.21. The molecular weight excluding hydrogens is 468 g/mol. The highest BCUT2D eigenvalue weighted by Gasteiger charge is 2.36. The smallest absolute Gasteiger partial charge is 0.408 e.